The molecular formula is C29H33FN6O4. The standard InChI is InChI=1S/C22H28N6O3.C7H5FO/c1-14(12-29)28(13-23)21(24)18-5-4-6-20(25-18)26-22(30)17-9-16-11-27(2)8-7-15(16)10-19(17)31-3;8-7-3-1-6(5-9)2-4-7/h4-6,9-10,13-14,23-24,29H,7-8,11-12H2,1-3H3,(H,25,26,30);1-5H. The highest BCUT2D eigenvalue weighted by atomic mass is 19.1. The second-order valence-corrected chi connectivity index (χ2v) is 9.26. The van der Waals surface area contributed by atoms with Crippen LogP contribution in [0.3, 0.4) is 0 Å². The first kappa shape index (κ1) is 30.1. The number of benzene rings is 2. The Bertz CT molecular complexity index is 1370. The Morgan fingerprint density at radius 2 is 1.98 bits per heavy atom. The quantitative estimate of drug-likeness (QED) is 0.191. The first-order chi connectivity index (χ1) is 19.2. The lowest BCUT2D eigenvalue weighted by atomic mass is 9.96. The minimum atomic E-state index is -0.442. The summed E-state index contributed by atoms with van der Waals surface area (Å²) in [6, 6.07) is 13.7. The van der Waals surface area contributed by atoms with E-state index in [-0.39, 0.29) is 35.7 Å². The molecule has 0 aliphatic carbocycles. The second-order valence-electron chi connectivity index (χ2n) is 9.26. The van der Waals surface area contributed by atoms with Crippen LogP contribution in [0.25, 0.3) is 0 Å². The lowest BCUT2D eigenvalue weighted by Crippen LogP contribution is -2.39. The molecular weight excluding hydrogens is 515 g/mol. The summed E-state index contributed by atoms with van der Waals surface area (Å²) in [5, 5.41) is 28.0. The smallest absolute Gasteiger partial charge is 0.260 e. The number of anilines is 1. The van der Waals surface area contributed by atoms with E-state index < -0.39 is 6.04 Å². The molecule has 40 heavy (non-hydrogen) atoms. The fourth-order valence-electron chi connectivity index (χ4n) is 4.07. The topological polar surface area (TPSA) is 143 Å². The summed E-state index contributed by atoms with van der Waals surface area (Å²) in [4.78, 5) is 30.9. The molecule has 1 aliphatic rings. The van der Waals surface area contributed by atoms with E-state index in [0.717, 1.165) is 31.4 Å². The van der Waals surface area contributed by atoms with Gasteiger partial charge in [0.2, 0.25) is 0 Å². The summed E-state index contributed by atoms with van der Waals surface area (Å²) < 4.78 is 17.6. The molecule has 11 heteroatoms. The van der Waals surface area contributed by atoms with Crippen molar-refractivity contribution < 1.29 is 23.8 Å². The molecule has 210 valence electrons. The van der Waals surface area contributed by atoms with Crippen molar-refractivity contribution in [2.45, 2.75) is 25.9 Å². The number of methoxy groups -OCH3 is 1. The van der Waals surface area contributed by atoms with Crippen LogP contribution in [-0.2, 0) is 13.0 Å². The number of carbonyl (C=O) groups excluding carboxylic acids is 2. The van der Waals surface area contributed by atoms with Gasteiger partial charge in [-0.15, -0.1) is 0 Å². The molecule has 1 aromatic heterocycles. The third-order valence-corrected chi connectivity index (χ3v) is 6.35. The normalized spacial score (nSPS) is 13.1. The molecule has 4 N–H and O–H groups in total. The minimum Gasteiger partial charge on any atom is -0.496 e. The van der Waals surface area contributed by atoms with E-state index in [4.69, 9.17) is 15.6 Å². The number of carbonyl (C=O) groups is 2. The Balaban J connectivity index is 0.000000415. The van der Waals surface area contributed by atoms with E-state index in [1.165, 1.54) is 34.7 Å². The highest BCUT2D eigenvalue weighted by Crippen LogP contribution is 2.28. The van der Waals surface area contributed by atoms with E-state index >= 15 is 0 Å². The molecule has 0 fully saturated rings. The Labute approximate surface area is 232 Å². The zero-order chi connectivity index (χ0) is 29.2. The predicted molar refractivity (Wildman–Crippen MR) is 151 cm³/mol. The van der Waals surface area contributed by atoms with Gasteiger partial charge in [-0.25, -0.2) is 9.37 Å². The molecule has 0 spiro atoms. The van der Waals surface area contributed by atoms with Crippen LogP contribution in [-0.4, -0.2) is 77.6 Å². The molecule has 1 aliphatic heterocycles. The number of ether oxygens (including phenoxy) is 1. The van der Waals surface area contributed by atoms with Crippen LogP contribution in [0.5, 0.6) is 5.75 Å². The maximum Gasteiger partial charge on any atom is 0.260 e. The van der Waals surface area contributed by atoms with Gasteiger partial charge in [-0.05, 0) is 80.1 Å². The van der Waals surface area contributed by atoms with Gasteiger partial charge in [0.15, 0.2) is 5.84 Å². The number of likely N-dealkylation sites (N-methyl/N-ethyl adjacent to an activating group) is 1. The van der Waals surface area contributed by atoms with Crippen molar-refractivity contribution in [2.24, 2.45) is 0 Å². The number of aldehydes is 1. The van der Waals surface area contributed by atoms with E-state index in [1.54, 1.807) is 32.2 Å². The van der Waals surface area contributed by atoms with Crippen LogP contribution in [0.2, 0.25) is 0 Å². The lowest BCUT2D eigenvalue weighted by Gasteiger charge is -2.26. The van der Waals surface area contributed by atoms with Crippen molar-refractivity contribution in [1.82, 2.24) is 14.8 Å². The molecule has 0 saturated carbocycles. The summed E-state index contributed by atoms with van der Waals surface area (Å²) in [6.07, 6.45) is 2.57. The molecule has 4 rings (SSSR count). The number of halogens is 1. The summed E-state index contributed by atoms with van der Waals surface area (Å²) >= 11 is 0. The number of hydrogen-bond donors (Lipinski definition) is 4. The van der Waals surface area contributed by atoms with Crippen molar-refractivity contribution in [1.29, 1.82) is 10.8 Å². The molecule has 3 aromatic rings. The van der Waals surface area contributed by atoms with E-state index in [0.29, 0.717) is 23.2 Å². The largest absolute Gasteiger partial charge is 0.496 e. The minimum absolute atomic E-state index is 0.0398. The number of pyridine rings is 1. The average molecular weight is 549 g/mol. The summed E-state index contributed by atoms with van der Waals surface area (Å²) in [6.45, 7) is 3.23. The van der Waals surface area contributed by atoms with Gasteiger partial charge in [0, 0.05) is 18.7 Å². The van der Waals surface area contributed by atoms with Crippen molar-refractivity contribution in [3.8, 4) is 5.75 Å². The zero-order valence-corrected chi connectivity index (χ0v) is 22.6. The molecule has 10 nitrogen and oxygen atoms in total. The lowest BCUT2D eigenvalue weighted by molar-refractivity contribution is 0.102. The van der Waals surface area contributed by atoms with Crippen molar-refractivity contribution in [3.05, 3.63) is 88.4 Å². The highest BCUT2D eigenvalue weighted by Gasteiger charge is 2.21. The first-order valence-electron chi connectivity index (χ1n) is 12.6. The first-order valence-corrected chi connectivity index (χ1v) is 12.6. The fourth-order valence-corrected chi connectivity index (χ4v) is 4.07. The van der Waals surface area contributed by atoms with Crippen LogP contribution in [0.4, 0.5) is 10.2 Å². The molecule has 0 bridgehead atoms. The second kappa shape index (κ2) is 14.1. The van der Waals surface area contributed by atoms with Gasteiger partial charge in [0.1, 0.15) is 29.4 Å². The van der Waals surface area contributed by atoms with Crippen molar-refractivity contribution >= 4 is 30.2 Å². The van der Waals surface area contributed by atoms with Gasteiger partial charge >= 0.3 is 0 Å². The number of amidine groups is 1. The SMILES string of the molecule is COc1cc2c(cc1C(=O)Nc1cccc(C(=N)N(C=N)C(C)CO)n1)CN(C)CC2.O=Cc1ccc(F)cc1. The van der Waals surface area contributed by atoms with Gasteiger partial charge in [-0.1, -0.05) is 6.07 Å². The third-order valence-electron chi connectivity index (χ3n) is 6.35. The predicted octanol–water partition coefficient (Wildman–Crippen LogP) is 3.58. The summed E-state index contributed by atoms with van der Waals surface area (Å²) in [5.74, 6) is 0.0847. The number of nitrogens with zero attached hydrogens (tertiary/aromatic N) is 3. The highest BCUT2D eigenvalue weighted by molar-refractivity contribution is 6.06. The summed E-state index contributed by atoms with van der Waals surface area (Å²) in [5.41, 5.74) is 3.48. The molecule has 2 aromatic carbocycles. The van der Waals surface area contributed by atoms with Gasteiger partial charge in [-0.3, -0.25) is 20.4 Å². The zero-order valence-electron chi connectivity index (χ0n) is 22.6. The van der Waals surface area contributed by atoms with Crippen molar-refractivity contribution in [3.63, 3.8) is 0 Å². The van der Waals surface area contributed by atoms with Crippen LogP contribution >= 0.6 is 0 Å². The fraction of sp³-hybridized carbons (Fsp3) is 0.276. The van der Waals surface area contributed by atoms with Crippen LogP contribution < -0.4 is 10.1 Å². The summed E-state index contributed by atoms with van der Waals surface area (Å²) in [7, 11) is 3.59. The van der Waals surface area contributed by atoms with E-state index in [1.807, 2.05) is 19.2 Å². The number of hydrogen-bond acceptors (Lipinski definition) is 8. The Kier molecular flexibility index (Phi) is 10.6. The van der Waals surface area contributed by atoms with Gasteiger partial charge in [-0.2, -0.15) is 0 Å². The Hall–Kier alpha value is -4.48. The number of nitrogens with one attached hydrogen (secondary N) is 3. The number of aromatic nitrogens is 1. The number of amides is 1. The molecule has 2 heterocycles. The molecule has 1 unspecified atom stereocenters. The maximum absolute atomic E-state index is 13.0. The molecule has 0 radical (unpaired) electrons. The number of rotatable bonds is 8. The molecule has 0 saturated heterocycles. The average Bonchev–Trinajstić information content (AvgIpc) is 2.97. The number of aliphatic hydroxyl groups excluding tert-OH is 1. The van der Waals surface area contributed by atoms with E-state index in [2.05, 4.69) is 15.2 Å². The monoisotopic (exact) mass is 548 g/mol. The third kappa shape index (κ3) is 7.55. The van der Waals surface area contributed by atoms with Gasteiger partial charge in [0.05, 0.1) is 31.7 Å². The van der Waals surface area contributed by atoms with Crippen molar-refractivity contribution in [2.75, 3.05) is 32.6 Å². The Morgan fingerprint density at radius 1 is 1.25 bits per heavy atom. The van der Waals surface area contributed by atoms with Crippen LogP contribution in [0.1, 0.15) is 44.5 Å². The molecule has 1 atom stereocenters. The van der Waals surface area contributed by atoms with E-state index in [9.17, 15) is 19.1 Å². The number of fused-ring (bicyclic) bond motifs is 1. The van der Waals surface area contributed by atoms with Crippen LogP contribution in [0.15, 0.2) is 54.6 Å². The molecule has 1 amide bonds. The van der Waals surface area contributed by atoms with Gasteiger partial charge in [0.25, 0.3) is 5.91 Å². The maximum atomic E-state index is 13.0. The van der Waals surface area contributed by atoms with Crippen LogP contribution in [0, 0.1) is 16.6 Å². The number of aliphatic hydroxyl groups is 1. The van der Waals surface area contributed by atoms with Gasteiger partial charge < -0.3 is 25.0 Å². The Morgan fingerprint density at radius 3 is 2.60 bits per heavy atom.